The van der Waals surface area contributed by atoms with Crippen molar-refractivity contribution in [1.82, 2.24) is 4.98 Å². The molecule has 0 spiro atoms. The van der Waals surface area contributed by atoms with Crippen LogP contribution in [0.1, 0.15) is 12.6 Å². The van der Waals surface area contributed by atoms with Crippen LogP contribution in [-0.4, -0.2) is 35.0 Å². The van der Waals surface area contributed by atoms with Gasteiger partial charge in [-0.25, -0.2) is 4.98 Å². The first-order valence-corrected chi connectivity index (χ1v) is 8.13. The molecule has 0 fully saturated rings. The number of amides is 1. The van der Waals surface area contributed by atoms with E-state index in [1.165, 1.54) is 35.6 Å². The fourth-order valence-corrected chi connectivity index (χ4v) is 2.50. The minimum atomic E-state index is -0.521. The summed E-state index contributed by atoms with van der Waals surface area (Å²) in [6.07, 6.45) is 0.0412. The highest BCUT2D eigenvalue weighted by Gasteiger charge is 2.11. The summed E-state index contributed by atoms with van der Waals surface area (Å²) in [5, 5.41) is 15.1. The lowest BCUT2D eigenvalue weighted by Crippen LogP contribution is -2.20. The molecule has 1 heterocycles. The Morgan fingerprint density at radius 1 is 1.32 bits per heavy atom. The number of carbonyl (C=O) groups is 2. The van der Waals surface area contributed by atoms with E-state index in [4.69, 9.17) is 9.47 Å². The van der Waals surface area contributed by atoms with E-state index in [1.54, 1.807) is 12.3 Å². The second kappa shape index (κ2) is 8.73. The van der Waals surface area contributed by atoms with Gasteiger partial charge in [-0.2, -0.15) is 0 Å². The minimum absolute atomic E-state index is 0.0412. The quantitative estimate of drug-likeness (QED) is 0.432. The number of nitrogens with zero attached hydrogens (tertiary/aromatic N) is 2. The van der Waals surface area contributed by atoms with Gasteiger partial charge >= 0.3 is 5.97 Å². The highest BCUT2D eigenvalue weighted by atomic mass is 32.1. The third-order valence-electron chi connectivity index (χ3n) is 2.85. The maximum atomic E-state index is 11.8. The minimum Gasteiger partial charge on any atom is -0.484 e. The van der Waals surface area contributed by atoms with Crippen molar-refractivity contribution in [2.75, 3.05) is 18.5 Å². The number of anilines is 1. The first-order valence-electron chi connectivity index (χ1n) is 7.25. The zero-order valence-corrected chi connectivity index (χ0v) is 14.1. The van der Waals surface area contributed by atoms with Crippen molar-refractivity contribution < 1.29 is 24.0 Å². The van der Waals surface area contributed by atoms with Crippen LogP contribution in [0.15, 0.2) is 29.6 Å². The Balaban J connectivity index is 1.81. The summed E-state index contributed by atoms with van der Waals surface area (Å²) in [6, 6.07) is 5.39. The molecule has 0 aliphatic carbocycles. The zero-order chi connectivity index (χ0) is 18.2. The van der Waals surface area contributed by atoms with Gasteiger partial charge in [0.25, 0.3) is 11.6 Å². The molecule has 9 nitrogen and oxygen atoms in total. The average Bonchev–Trinajstić information content (AvgIpc) is 3.00. The molecule has 0 radical (unpaired) electrons. The van der Waals surface area contributed by atoms with Crippen LogP contribution in [0.2, 0.25) is 0 Å². The molecule has 2 aromatic rings. The monoisotopic (exact) mass is 365 g/mol. The standard InChI is InChI=1S/C15H15N3O6S/c1-2-23-14(20)7-10-9-25-15(16-10)17-13(19)8-24-12-5-3-11(4-6-12)18(21)22/h3-6,9H,2,7-8H2,1H3,(H,16,17,19). The van der Waals surface area contributed by atoms with Gasteiger partial charge in [-0.3, -0.25) is 25.0 Å². The highest BCUT2D eigenvalue weighted by Crippen LogP contribution is 2.18. The number of esters is 1. The number of benzene rings is 1. The molecule has 0 aliphatic rings. The third-order valence-corrected chi connectivity index (χ3v) is 3.65. The van der Waals surface area contributed by atoms with Crippen molar-refractivity contribution in [3.63, 3.8) is 0 Å². The van der Waals surface area contributed by atoms with Gasteiger partial charge in [-0.15, -0.1) is 11.3 Å². The lowest BCUT2D eigenvalue weighted by atomic mass is 10.3. The van der Waals surface area contributed by atoms with Crippen LogP contribution in [-0.2, 0) is 20.7 Å². The molecule has 25 heavy (non-hydrogen) atoms. The molecule has 0 bridgehead atoms. The molecule has 10 heteroatoms. The normalized spacial score (nSPS) is 10.1. The van der Waals surface area contributed by atoms with Crippen molar-refractivity contribution in [3.8, 4) is 5.75 Å². The Morgan fingerprint density at radius 3 is 2.68 bits per heavy atom. The van der Waals surface area contributed by atoms with Crippen molar-refractivity contribution >= 4 is 34.0 Å². The molecule has 0 saturated carbocycles. The number of ether oxygens (including phenoxy) is 2. The highest BCUT2D eigenvalue weighted by molar-refractivity contribution is 7.13. The SMILES string of the molecule is CCOC(=O)Cc1csc(NC(=O)COc2ccc([N+](=O)[O-])cc2)n1. The Morgan fingerprint density at radius 2 is 2.04 bits per heavy atom. The summed E-state index contributed by atoms with van der Waals surface area (Å²) in [6.45, 7) is 1.74. The average molecular weight is 365 g/mol. The number of hydrogen-bond acceptors (Lipinski definition) is 8. The number of non-ortho nitro benzene ring substituents is 1. The van der Waals surface area contributed by atoms with Crippen LogP contribution < -0.4 is 10.1 Å². The molecule has 1 amide bonds. The molecule has 0 atom stereocenters. The van der Waals surface area contributed by atoms with E-state index in [-0.39, 0.29) is 24.7 Å². The van der Waals surface area contributed by atoms with Gasteiger partial charge in [-0.1, -0.05) is 0 Å². The predicted octanol–water partition coefficient (Wildman–Crippen LogP) is 2.17. The molecule has 0 unspecified atom stereocenters. The van der Waals surface area contributed by atoms with Crippen molar-refractivity contribution in [2.45, 2.75) is 13.3 Å². The lowest BCUT2D eigenvalue weighted by Gasteiger charge is -2.05. The van der Waals surface area contributed by atoms with Crippen LogP contribution in [0.5, 0.6) is 5.75 Å². The van der Waals surface area contributed by atoms with Gasteiger partial charge in [0, 0.05) is 17.5 Å². The Hall–Kier alpha value is -3.01. The van der Waals surface area contributed by atoms with E-state index in [2.05, 4.69) is 10.3 Å². The van der Waals surface area contributed by atoms with Gasteiger partial charge < -0.3 is 9.47 Å². The predicted molar refractivity (Wildman–Crippen MR) is 89.7 cm³/mol. The van der Waals surface area contributed by atoms with E-state index < -0.39 is 10.8 Å². The van der Waals surface area contributed by atoms with Crippen LogP contribution in [0.25, 0.3) is 0 Å². The summed E-state index contributed by atoms with van der Waals surface area (Å²) < 4.78 is 10.1. The van der Waals surface area contributed by atoms with E-state index in [1.807, 2.05) is 0 Å². The topological polar surface area (TPSA) is 121 Å². The molecule has 132 valence electrons. The number of rotatable bonds is 8. The second-order valence-corrected chi connectivity index (χ2v) is 5.57. The van der Waals surface area contributed by atoms with Crippen LogP contribution in [0.3, 0.4) is 0 Å². The summed E-state index contributed by atoms with van der Waals surface area (Å²) >= 11 is 1.18. The largest absolute Gasteiger partial charge is 0.484 e. The summed E-state index contributed by atoms with van der Waals surface area (Å²) in [7, 11) is 0. The van der Waals surface area contributed by atoms with Gasteiger partial charge in [0.05, 0.1) is 23.6 Å². The Bertz CT molecular complexity index is 759. The molecule has 1 N–H and O–H groups in total. The van der Waals surface area contributed by atoms with Gasteiger partial charge in [0.15, 0.2) is 11.7 Å². The van der Waals surface area contributed by atoms with Gasteiger partial charge in [0.1, 0.15) is 5.75 Å². The summed E-state index contributed by atoms with van der Waals surface area (Å²) in [5.74, 6) is -0.481. The van der Waals surface area contributed by atoms with Crippen molar-refractivity contribution in [2.24, 2.45) is 0 Å². The molecule has 0 aliphatic heterocycles. The van der Waals surface area contributed by atoms with Gasteiger partial charge in [-0.05, 0) is 19.1 Å². The van der Waals surface area contributed by atoms with Crippen LogP contribution >= 0.6 is 11.3 Å². The Kier molecular flexibility index (Phi) is 6.40. The van der Waals surface area contributed by atoms with Crippen LogP contribution in [0, 0.1) is 10.1 Å². The van der Waals surface area contributed by atoms with E-state index >= 15 is 0 Å². The smallest absolute Gasteiger partial charge is 0.311 e. The lowest BCUT2D eigenvalue weighted by molar-refractivity contribution is -0.384. The fraction of sp³-hybridized carbons (Fsp3) is 0.267. The van der Waals surface area contributed by atoms with Crippen molar-refractivity contribution in [3.05, 3.63) is 45.5 Å². The second-order valence-electron chi connectivity index (χ2n) is 4.71. The number of nitrogens with one attached hydrogen (secondary N) is 1. The number of hydrogen-bond donors (Lipinski definition) is 1. The third kappa shape index (κ3) is 5.84. The summed E-state index contributed by atoms with van der Waals surface area (Å²) in [5.41, 5.74) is 0.448. The molecule has 2 rings (SSSR count). The maximum Gasteiger partial charge on any atom is 0.311 e. The molecule has 0 saturated heterocycles. The number of nitro benzene ring substituents is 1. The van der Waals surface area contributed by atoms with E-state index in [0.717, 1.165) is 0 Å². The first kappa shape index (κ1) is 18.3. The molecule has 1 aromatic heterocycles. The fourth-order valence-electron chi connectivity index (χ4n) is 1.77. The van der Waals surface area contributed by atoms with Crippen molar-refractivity contribution in [1.29, 1.82) is 0 Å². The first-order chi connectivity index (χ1) is 12.0. The number of carbonyl (C=O) groups excluding carboxylic acids is 2. The zero-order valence-electron chi connectivity index (χ0n) is 13.3. The van der Waals surface area contributed by atoms with Gasteiger partial charge in [0.2, 0.25) is 0 Å². The molecular formula is C15H15N3O6S. The number of aromatic nitrogens is 1. The molecular weight excluding hydrogens is 350 g/mol. The van der Waals surface area contributed by atoms with E-state index in [9.17, 15) is 19.7 Å². The van der Waals surface area contributed by atoms with Crippen LogP contribution in [0.4, 0.5) is 10.8 Å². The summed E-state index contributed by atoms with van der Waals surface area (Å²) in [4.78, 5) is 37.3. The van der Waals surface area contributed by atoms with E-state index in [0.29, 0.717) is 23.2 Å². The number of thiazole rings is 1. The number of nitro groups is 1. The Labute approximate surface area is 146 Å². The maximum absolute atomic E-state index is 11.8. The molecule has 1 aromatic carbocycles.